The number of hydrogen-bond donors (Lipinski definition) is 0. The van der Waals surface area contributed by atoms with Gasteiger partial charge in [-0.15, -0.1) is 11.3 Å². The van der Waals surface area contributed by atoms with Gasteiger partial charge in [0, 0.05) is 24.5 Å². The summed E-state index contributed by atoms with van der Waals surface area (Å²) in [7, 11) is 0. The van der Waals surface area contributed by atoms with Crippen LogP contribution < -0.4 is 0 Å². The Bertz CT molecular complexity index is 969. The van der Waals surface area contributed by atoms with Crippen LogP contribution in [0.2, 0.25) is 0 Å². The second-order valence-electron chi connectivity index (χ2n) is 7.78. The third-order valence-electron chi connectivity index (χ3n) is 4.87. The van der Waals surface area contributed by atoms with Crippen LogP contribution in [0.4, 0.5) is 4.39 Å². The van der Waals surface area contributed by atoms with Crippen molar-refractivity contribution in [3.8, 4) is 0 Å². The van der Waals surface area contributed by atoms with Crippen molar-refractivity contribution >= 4 is 27.5 Å². The fraction of sp³-hybridized carbons (Fsp3) is 0.429. The molecule has 2 aromatic heterocycles. The molecule has 27 heavy (non-hydrogen) atoms. The van der Waals surface area contributed by atoms with Gasteiger partial charge in [-0.25, -0.2) is 4.39 Å². The minimum atomic E-state index is -0.252. The first-order chi connectivity index (χ1) is 12.9. The number of halogens is 1. The highest BCUT2D eigenvalue weighted by Gasteiger charge is 2.34. The van der Waals surface area contributed by atoms with Gasteiger partial charge in [-0.2, -0.15) is 5.10 Å². The molecule has 4 rings (SSSR count). The fourth-order valence-electron chi connectivity index (χ4n) is 3.37. The number of hydrogen-bond acceptors (Lipinski definition) is 3. The first kappa shape index (κ1) is 18.2. The summed E-state index contributed by atoms with van der Waals surface area (Å²) in [5, 5.41) is 5.70. The largest absolute Gasteiger partial charge is 0.331 e. The number of thiophene rings is 1. The van der Waals surface area contributed by atoms with Crippen molar-refractivity contribution in [2.75, 3.05) is 0 Å². The highest BCUT2D eigenvalue weighted by molar-refractivity contribution is 7.20. The summed E-state index contributed by atoms with van der Waals surface area (Å²) < 4.78 is 15.2. The van der Waals surface area contributed by atoms with Crippen LogP contribution in [0.25, 0.3) is 10.2 Å². The smallest absolute Gasteiger partial charge is 0.264 e. The first-order valence-corrected chi connectivity index (χ1v) is 10.3. The zero-order valence-corrected chi connectivity index (χ0v) is 16.7. The van der Waals surface area contributed by atoms with E-state index >= 15 is 0 Å². The van der Waals surface area contributed by atoms with Crippen molar-refractivity contribution in [1.29, 1.82) is 0 Å². The summed E-state index contributed by atoms with van der Waals surface area (Å²) in [6, 6.07) is 8.70. The lowest BCUT2D eigenvalue weighted by Crippen LogP contribution is -2.32. The van der Waals surface area contributed by atoms with Crippen LogP contribution in [-0.2, 0) is 13.1 Å². The summed E-state index contributed by atoms with van der Waals surface area (Å²) in [6.07, 6.45) is 2.08. The molecule has 0 aliphatic heterocycles. The molecule has 1 saturated carbocycles. The van der Waals surface area contributed by atoms with E-state index in [2.05, 4.69) is 18.9 Å². The van der Waals surface area contributed by atoms with E-state index in [9.17, 15) is 9.18 Å². The normalized spacial score (nSPS) is 14.3. The molecular formula is C21H24FN3OS. The highest BCUT2D eigenvalue weighted by Crippen LogP contribution is 2.34. The molecule has 4 nitrogen and oxygen atoms in total. The summed E-state index contributed by atoms with van der Waals surface area (Å²) >= 11 is 1.53. The van der Waals surface area contributed by atoms with E-state index in [0.717, 1.165) is 45.7 Å². The van der Waals surface area contributed by atoms with Crippen LogP contribution in [0.3, 0.4) is 0 Å². The molecule has 142 valence electrons. The molecule has 0 bridgehead atoms. The van der Waals surface area contributed by atoms with Gasteiger partial charge in [0.05, 0.1) is 10.6 Å². The van der Waals surface area contributed by atoms with Gasteiger partial charge < -0.3 is 4.90 Å². The Labute approximate surface area is 162 Å². The van der Waals surface area contributed by atoms with E-state index in [0.29, 0.717) is 18.5 Å². The van der Waals surface area contributed by atoms with Gasteiger partial charge in [-0.05, 0) is 49.4 Å². The quantitative estimate of drug-likeness (QED) is 0.598. The molecule has 0 atom stereocenters. The van der Waals surface area contributed by atoms with E-state index in [1.807, 2.05) is 22.6 Å². The molecule has 2 heterocycles. The summed E-state index contributed by atoms with van der Waals surface area (Å²) in [4.78, 5) is 17.0. The third kappa shape index (κ3) is 3.76. The molecule has 1 aliphatic rings. The lowest BCUT2D eigenvalue weighted by molar-refractivity contribution is 0.0735. The number of aryl methyl sites for hydroxylation is 1. The van der Waals surface area contributed by atoms with Gasteiger partial charge in [-0.1, -0.05) is 26.0 Å². The van der Waals surface area contributed by atoms with E-state index in [1.165, 1.54) is 23.5 Å². The Morgan fingerprint density at radius 1 is 1.33 bits per heavy atom. The van der Waals surface area contributed by atoms with Gasteiger partial charge in [-0.3, -0.25) is 9.48 Å². The molecule has 0 saturated heterocycles. The molecule has 1 aromatic carbocycles. The number of aromatic nitrogens is 2. The zero-order chi connectivity index (χ0) is 19.1. The van der Waals surface area contributed by atoms with E-state index in [-0.39, 0.29) is 11.7 Å². The van der Waals surface area contributed by atoms with Crippen LogP contribution in [0.15, 0.2) is 30.3 Å². The molecule has 0 N–H and O–H groups in total. The van der Waals surface area contributed by atoms with Crippen molar-refractivity contribution in [3.63, 3.8) is 0 Å². The molecular weight excluding hydrogens is 361 g/mol. The lowest BCUT2D eigenvalue weighted by Gasteiger charge is -2.22. The Hall–Kier alpha value is -2.21. The van der Waals surface area contributed by atoms with Crippen molar-refractivity contribution < 1.29 is 9.18 Å². The first-order valence-electron chi connectivity index (χ1n) is 9.44. The summed E-state index contributed by atoms with van der Waals surface area (Å²) in [5.41, 5.74) is 1.93. The van der Waals surface area contributed by atoms with Crippen LogP contribution in [0.1, 0.15) is 47.6 Å². The van der Waals surface area contributed by atoms with Gasteiger partial charge in [0.25, 0.3) is 5.91 Å². The minimum absolute atomic E-state index is 0.0681. The molecule has 0 spiro atoms. The van der Waals surface area contributed by atoms with Crippen molar-refractivity contribution in [1.82, 2.24) is 14.7 Å². The molecule has 1 amide bonds. The maximum absolute atomic E-state index is 13.2. The average molecular weight is 386 g/mol. The van der Waals surface area contributed by atoms with E-state index < -0.39 is 0 Å². The van der Waals surface area contributed by atoms with Crippen LogP contribution in [-0.4, -0.2) is 26.6 Å². The fourth-order valence-corrected chi connectivity index (χ4v) is 4.50. The van der Waals surface area contributed by atoms with Crippen LogP contribution in [0.5, 0.6) is 0 Å². The number of benzene rings is 1. The third-order valence-corrected chi connectivity index (χ3v) is 6.01. The second kappa shape index (κ2) is 7.08. The standard InChI is InChI=1S/C21H24FN3OS/c1-13(2)11-25-21-18(14(3)23-25)10-19(27-21)20(26)24(17-8-9-17)12-15-4-6-16(22)7-5-15/h4-7,10,13,17H,8-9,11-12H2,1-3H3. The molecule has 1 aliphatic carbocycles. The SMILES string of the molecule is Cc1nn(CC(C)C)c2sc(C(=O)N(Cc3ccc(F)cc3)C3CC3)cc12. The predicted octanol–water partition coefficient (Wildman–Crippen LogP) is 5.01. The Kier molecular flexibility index (Phi) is 4.76. The predicted molar refractivity (Wildman–Crippen MR) is 106 cm³/mol. The van der Waals surface area contributed by atoms with Crippen molar-refractivity contribution in [2.24, 2.45) is 5.92 Å². The molecule has 0 radical (unpaired) electrons. The van der Waals surface area contributed by atoms with Crippen molar-refractivity contribution in [3.05, 3.63) is 52.3 Å². The lowest BCUT2D eigenvalue weighted by atomic mass is 10.2. The van der Waals surface area contributed by atoms with Gasteiger partial charge in [0.1, 0.15) is 10.6 Å². The van der Waals surface area contributed by atoms with E-state index in [4.69, 9.17) is 0 Å². The monoisotopic (exact) mass is 385 g/mol. The molecule has 0 unspecified atom stereocenters. The second-order valence-corrected chi connectivity index (χ2v) is 8.81. The number of carbonyl (C=O) groups excluding carboxylic acids is 1. The Morgan fingerprint density at radius 2 is 2.04 bits per heavy atom. The molecule has 1 fully saturated rings. The number of fused-ring (bicyclic) bond motifs is 1. The van der Waals surface area contributed by atoms with Crippen LogP contribution in [0, 0.1) is 18.7 Å². The van der Waals surface area contributed by atoms with Gasteiger partial charge in [0.15, 0.2) is 0 Å². The van der Waals surface area contributed by atoms with E-state index in [1.54, 1.807) is 12.1 Å². The van der Waals surface area contributed by atoms with Crippen LogP contribution >= 0.6 is 11.3 Å². The molecule has 6 heteroatoms. The number of amides is 1. The van der Waals surface area contributed by atoms with Crippen molar-refractivity contribution in [2.45, 2.75) is 52.7 Å². The maximum Gasteiger partial charge on any atom is 0.264 e. The van der Waals surface area contributed by atoms with Gasteiger partial charge in [0.2, 0.25) is 0 Å². The average Bonchev–Trinajstić information content (AvgIpc) is 3.29. The summed E-state index contributed by atoms with van der Waals surface area (Å²) in [6.45, 7) is 7.70. The number of nitrogens with zero attached hydrogens (tertiary/aromatic N) is 3. The maximum atomic E-state index is 13.2. The Balaban J connectivity index is 1.62. The minimum Gasteiger partial charge on any atom is -0.331 e. The molecule has 3 aromatic rings. The zero-order valence-electron chi connectivity index (χ0n) is 15.9. The van der Waals surface area contributed by atoms with Gasteiger partial charge >= 0.3 is 0 Å². The summed E-state index contributed by atoms with van der Waals surface area (Å²) in [5.74, 6) is 0.312. The topological polar surface area (TPSA) is 38.1 Å². The number of carbonyl (C=O) groups is 1. The highest BCUT2D eigenvalue weighted by atomic mass is 32.1. The number of rotatable bonds is 6. The Morgan fingerprint density at radius 3 is 2.67 bits per heavy atom.